The molecule has 1 aromatic carbocycles. The van der Waals surface area contributed by atoms with E-state index in [0.717, 1.165) is 18.5 Å². The topological polar surface area (TPSA) is 95.1 Å². The van der Waals surface area contributed by atoms with Gasteiger partial charge in [-0.1, -0.05) is 12.1 Å². The largest absolute Gasteiger partial charge is 0.395 e. The summed E-state index contributed by atoms with van der Waals surface area (Å²) in [5.41, 5.74) is 2.68. The van der Waals surface area contributed by atoms with Gasteiger partial charge in [0, 0.05) is 23.2 Å². The Hall–Kier alpha value is -2.29. The first kappa shape index (κ1) is 17.1. The number of nitrogens with zero attached hydrogens (tertiary/aromatic N) is 1. The monoisotopic (exact) mass is 375 g/mol. The lowest BCUT2D eigenvalue weighted by Gasteiger charge is -2.08. The highest BCUT2D eigenvalue weighted by Gasteiger charge is 2.26. The maximum absolute atomic E-state index is 14.5. The number of sulfonamides is 1. The Morgan fingerprint density at radius 3 is 2.65 bits per heavy atom. The summed E-state index contributed by atoms with van der Waals surface area (Å²) in [6.45, 7) is -0.342. The van der Waals surface area contributed by atoms with Crippen LogP contribution in [0.25, 0.3) is 22.2 Å². The summed E-state index contributed by atoms with van der Waals surface area (Å²) in [5.74, 6) is 0.0399. The van der Waals surface area contributed by atoms with Crippen LogP contribution >= 0.6 is 0 Å². The molecule has 3 N–H and O–H groups in total. The standard InChI is InChI=1S/C18H18FN3O3S/c19-15-10-20-18-14(9-16(22-18)11-1-2-11)17(15)12-3-5-13(6-4-12)26(24,25)21-7-8-23/h3-6,9-11,21,23H,1-2,7-8H2,(H,20,22). The van der Waals surface area contributed by atoms with E-state index in [1.54, 1.807) is 12.1 Å². The molecule has 2 aromatic heterocycles. The van der Waals surface area contributed by atoms with Crippen molar-refractivity contribution in [2.24, 2.45) is 0 Å². The first-order chi connectivity index (χ1) is 12.5. The van der Waals surface area contributed by atoms with Crippen LogP contribution in [0.1, 0.15) is 24.5 Å². The van der Waals surface area contributed by atoms with Crippen LogP contribution in [0.5, 0.6) is 0 Å². The van der Waals surface area contributed by atoms with Crippen LogP contribution in [0.15, 0.2) is 41.4 Å². The minimum absolute atomic E-state index is 0.0585. The van der Waals surface area contributed by atoms with Gasteiger partial charge >= 0.3 is 0 Å². The maximum Gasteiger partial charge on any atom is 0.240 e. The highest BCUT2D eigenvalue weighted by molar-refractivity contribution is 7.89. The van der Waals surface area contributed by atoms with Crippen molar-refractivity contribution in [3.8, 4) is 11.1 Å². The second kappa shape index (κ2) is 6.46. The molecular weight excluding hydrogens is 357 g/mol. The summed E-state index contributed by atoms with van der Waals surface area (Å²) >= 11 is 0. The summed E-state index contributed by atoms with van der Waals surface area (Å²) in [6, 6.07) is 7.95. The lowest BCUT2D eigenvalue weighted by Crippen LogP contribution is -2.26. The Bertz CT molecular complexity index is 1060. The summed E-state index contributed by atoms with van der Waals surface area (Å²) < 4.78 is 41.0. The van der Waals surface area contributed by atoms with Crippen molar-refractivity contribution in [1.29, 1.82) is 0 Å². The van der Waals surface area contributed by atoms with Crippen molar-refractivity contribution in [1.82, 2.24) is 14.7 Å². The van der Waals surface area contributed by atoms with E-state index in [1.807, 2.05) is 6.07 Å². The van der Waals surface area contributed by atoms with E-state index < -0.39 is 15.8 Å². The number of hydrogen-bond donors (Lipinski definition) is 3. The van der Waals surface area contributed by atoms with Crippen LogP contribution in [-0.4, -0.2) is 36.6 Å². The van der Waals surface area contributed by atoms with Crippen molar-refractivity contribution in [2.45, 2.75) is 23.7 Å². The third-order valence-electron chi connectivity index (χ3n) is 4.51. The van der Waals surface area contributed by atoms with Gasteiger partial charge in [-0.25, -0.2) is 22.5 Å². The number of aromatic amines is 1. The van der Waals surface area contributed by atoms with Crippen LogP contribution in [0.4, 0.5) is 4.39 Å². The number of nitrogens with one attached hydrogen (secondary N) is 2. The molecule has 2 heterocycles. The fourth-order valence-electron chi connectivity index (χ4n) is 3.04. The third kappa shape index (κ3) is 3.11. The van der Waals surface area contributed by atoms with E-state index in [0.29, 0.717) is 28.1 Å². The summed E-state index contributed by atoms with van der Waals surface area (Å²) in [7, 11) is -3.70. The molecule has 6 nitrogen and oxygen atoms in total. The quantitative estimate of drug-likeness (QED) is 0.617. The van der Waals surface area contributed by atoms with E-state index in [2.05, 4.69) is 14.7 Å². The molecule has 4 rings (SSSR count). The minimum Gasteiger partial charge on any atom is -0.395 e. The Morgan fingerprint density at radius 2 is 2.00 bits per heavy atom. The molecule has 0 amide bonds. The first-order valence-electron chi connectivity index (χ1n) is 8.37. The number of benzene rings is 1. The molecule has 136 valence electrons. The van der Waals surface area contributed by atoms with Gasteiger partial charge in [-0.3, -0.25) is 0 Å². The molecule has 0 bridgehead atoms. The average molecular weight is 375 g/mol. The normalized spacial score (nSPS) is 14.8. The van der Waals surface area contributed by atoms with Gasteiger partial charge in [-0.05, 0) is 42.5 Å². The van der Waals surface area contributed by atoms with Gasteiger partial charge in [0.25, 0.3) is 0 Å². The second-order valence-corrected chi connectivity index (χ2v) is 8.16. The molecule has 26 heavy (non-hydrogen) atoms. The molecule has 3 aromatic rings. The van der Waals surface area contributed by atoms with Crippen molar-refractivity contribution in [3.63, 3.8) is 0 Å². The Balaban J connectivity index is 1.74. The number of aromatic nitrogens is 2. The zero-order valence-electron chi connectivity index (χ0n) is 13.9. The van der Waals surface area contributed by atoms with Crippen molar-refractivity contribution in [3.05, 3.63) is 48.0 Å². The lowest BCUT2D eigenvalue weighted by atomic mass is 10.0. The van der Waals surface area contributed by atoms with Crippen LogP contribution in [0.3, 0.4) is 0 Å². The number of pyridine rings is 1. The molecule has 8 heteroatoms. The van der Waals surface area contributed by atoms with Gasteiger partial charge < -0.3 is 10.1 Å². The van der Waals surface area contributed by atoms with Gasteiger partial charge in [0.2, 0.25) is 10.0 Å². The van der Waals surface area contributed by atoms with E-state index in [1.165, 1.54) is 18.3 Å². The zero-order valence-corrected chi connectivity index (χ0v) is 14.7. The predicted molar refractivity (Wildman–Crippen MR) is 95.7 cm³/mol. The van der Waals surface area contributed by atoms with Crippen molar-refractivity contribution >= 4 is 21.1 Å². The van der Waals surface area contributed by atoms with Gasteiger partial charge in [-0.15, -0.1) is 0 Å². The Morgan fingerprint density at radius 1 is 1.27 bits per heavy atom. The molecular formula is C18H18FN3O3S. The number of aliphatic hydroxyl groups excluding tert-OH is 1. The van der Waals surface area contributed by atoms with Crippen LogP contribution < -0.4 is 4.72 Å². The SMILES string of the molecule is O=S(=O)(NCCO)c1ccc(-c2c(F)cnc3[nH]c(C4CC4)cc23)cc1. The molecule has 1 saturated carbocycles. The number of aliphatic hydroxyl groups is 1. The highest BCUT2D eigenvalue weighted by Crippen LogP contribution is 2.42. The van der Waals surface area contributed by atoms with Crippen LogP contribution in [-0.2, 0) is 10.0 Å². The highest BCUT2D eigenvalue weighted by atomic mass is 32.2. The molecule has 0 atom stereocenters. The molecule has 0 saturated heterocycles. The molecule has 0 aliphatic heterocycles. The Labute approximate surface area is 150 Å². The molecule has 0 unspecified atom stereocenters. The van der Waals surface area contributed by atoms with Crippen LogP contribution in [0.2, 0.25) is 0 Å². The fourth-order valence-corrected chi connectivity index (χ4v) is 4.06. The summed E-state index contributed by atoms with van der Waals surface area (Å²) in [4.78, 5) is 7.44. The zero-order chi connectivity index (χ0) is 18.3. The molecule has 0 radical (unpaired) electrons. The van der Waals surface area contributed by atoms with Gasteiger partial charge in [-0.2, -0.15) is 0 Å². The van der Waals surface area contributed by atoms with Crippen molar-refractivity contribution in [2.75, 3.05) is 13.2 Å². The number of rotatable bonds is 6. The second-order valence-electron chi connectivity index (χ2n) is 6.39. The predicted octanol–water partition coefficient (Wildman–Crippen LogP) is 2.52. The van der Waals surface area contributed by atoms with Crippen molar-refractivity contribution < 1.29 is 17.9 Å². The van der Waals surface area contributed by atoms with E-state index in [9.17, 15) is 12.8 Å². The lowest BCUT2D eigenvalue weighted by molar-refractivity contribution is 0.301. The van der Waals surface area contributed by atoms with Gasteiger partial charge in [0.15, 0.2) is 0 Å². The smallest absolute Gasteiger partial charge is 0.240 e. The molecule has 1 aliphatic rings. The number of fused-ring (bicyclic) bond motifs is 1. The van der Waals surface area contributed by atoms with Gasteiger partial charge in [0.05, 0.1) is 17.7 Å². The molecule has 1 aliphatic carbocycles. The third-order valence-corrected chi connectivity index (χ3v) is 5.98. The summed E-state index contributed by atoms with van der Waals surface area (Å²) in [6.07, 6.45) is 3.42. The maximum atomic E-state index is 14.5. The van der Waals surface area contributed by atoms with E-state index in [4.69, 9.17) is 5.11 Å². The Kier molecular flexibility index (Phi) is 4.26. The number of H-pyrrole nitrogens is 1. The summed E-state index contributed by atoms with van der Waals surface area (Å²) in [5, 5.41) is 9.46. The first-order valence-corrected chi connectivity index (χ1v) is 9.86. The number of halogens is 1. The average Bonchev–Trinajstić information content (AvgIpc) is 3.40. The van der Waals surface area contributed by atoms with E-state index >= 15 is 0 Å². The van der Waals surface area contributed by atoms with Crippen LogP contribution in [0, 0.1) is 5.82 Å². The number of hydrogen-bond acceptors (Lipinski definition) is 4. The minimum atomic E-state index is -3.70. The van der Waals surface area contributed by atoms with Gasteiger partial charge in [0.1, 0.15) is 11.5 Å². The fraction of sp³-hybridized carbons (Fsp3) is 0.278. The molecule has 1 fully saturated rings. The molecule has 0 spiro atoms. The van der Waals surface area contributed by atoms with E-state index in [-0.39, 0.29) is 18.0 Å².